The van der Waals surface area contributed by atoms with E-state index >= 15 is 0 Å². The molecule has 0 saturated carbocycles. The molecule has 3 nitrogen and oxygen atoms in total. The van der Waals surface area contributed by atoms with Crippen LogP contribution in [0.1, 0.15) is 40.5 Å². The second-order valence-corrected chi connectivity index (χ2v) is 2.83. The van der Waals surface area contributed by atoms with Crippen LogP contribution in [0.4, 0.5) is 0 Å². The van der Waals surface area contributed by atoms with Crippen LogP contribution in [0.3, 0.4) is 0 Å². The molecule has 0 saturated heterocycles. The molecule has 0 fully saturated rings. The third-order valence-corrected chi connectivity index (χ3v) is 0.750. The molecule has 0 heterocycles. The predicted octanol–water partition coefficient (Wildman–Crippen LogP) is 3.71. The molecule has 68 valence electrons. The van der Waals surface area contributed by atoms with Gasteiger partial charge in [0.1, 0.15) is 4.31 Å². The van der Waals surface area contributed by atoms with Gasteiger partial charge in [-0.25, -0.2) is 0 Å². The van der Waals surface area contributed by atoms with E-state index in [1.54, 1.807) is 0 Å². The van der Waals surface area contributed by atoms with E-state index in [1.165, 1.54) is 12.8 Å². The van der Waals surface area contributed by atoms with Crippen LogP contribution in [0.2, 0.25) is 0 Å². The molecule has 5 heteroatoms. The first-order valence-corrected chi connectivity index (χ1v) is 5.28. The summed E-state index contributed by atoms with van der Waals surface area (Å²) in [7, 11) is -1.78. The Hall–Kier alpha value is 0.160. The van der Waals surface area contributed by atoms with Gasteiger partial charge in [0.15, 0.2) is 0 Å². The van der Waals surface area contributed by atoms with E-state index in [4.69, 9.17) is 9.13 Å². The zero-order valence-corrected chi connectivity index (χ0v) is 9.64. The molecular formula is C6H18O3P2+2. The molecule has 0 spiro atoms. The van der Waals surface area contributed by atoms with E-state index in [0.29, 0.717) is 0 Å². The molecule has 0 aromatic rings. The van der Waals surface area contributed by atoms with Crippen molar-refractivity contribution in [2.45, 2.75) is 40.5 Å². The molecule has 0 radical (unpaired) electrons. The van der Waals surface area contributed by atoms with Gasteiger partial charge in [-0.1, -0.05) is 40.5 Å². The minimum Gasteiger partial charge on any atom is -0.0656 e. The molecule has 0 unspecified atom stereocenters. The van der Waals surface area contributed by atoms with Crippen LogP contribution in [0.5, 0.6) is 0 Å². The molecule has 0 bridgehead atoms. The Labute approximate surface area is 72.1 Å². The maximum absolute atomic E-state index is 9.14. The lowest BCUT2D eigenvalue weighted by molar-refractivity contribution is 0.516. The lowest BCUT2D eigenvalue weighted by Crippen LogP contribution is -1.27. The number of hydrogen-bond acceptors (Lipinski definition) is 3. The fourth-order valence-corrected chi connectivity index (χ4v) is 0.153. The molecule has 0 aromatic heterocycles. The van der Waals surface area contributed by atoms with Gasteiger partial charge in [-0.15, -0.1) is 0 Å². The van der Waals surface area contributed by atoms with Crippen molar-refractivity contribution < 1.29 is 13.4 Å². The smallest absolute Gasteiger partial charge is 0.0656 e. The quantitative estimate of drug-likeness (QED) is 0.638. The zero-order valence-electron chi connectivity index (χ0n) is 7.64. The first-order valence-electron chi connectivity index (χ1n) is 3.64. The van der Waals surface area contributed by atoms with Crippen molar-refractivity contribution in [3.8, 4) is 0 Å². The van der Waals surface area contributed by atoms with E-state index in [-0.39, 0.29) is 0 Å². The van der Waals surface area contributed by atoms with Crippen molar-refractivity contribution in [1.82, 2.24) is 0 Å². The summed E-state index contributed by atoms with van der Waals surface area (Å²) < 4.78 is 22.1. The fraction of sp³-hybridized carbons (Fsp3) is 1.00. The Kier molecular flexibility index (Phi) is 50.4. The summed E-state index contributed by atoms with van der Waals surface area (Å²) in [5.41, 5.74) is 0. The van der Waals surface area contributed by atoms with Crippen molar-refractivity contribution in [3.05, 3.63) is 0 Å². The Balaban J connectivity index is -0.0000000933. The van der Waals surface area contributed by atoms with Gasteiger partial charge in [-0.05, 0) is 9.13 Å². The molecule has 0 amide bonds. The van der Waals surface area contributed by atoms with Gasteiger partial charge in [0.05, 0.1) is 0 Å². The van der Waals surface area contributed by atoms with Crippen LogP contribution >= 0.6 is 17.4 Å². The summed E-state index contributed by atoms with van der Waals surface area (Å²) in [5.74, 6) is 0. The molecule has 0 aliphatic rings. The van der Waals surface area contributed by atoms with Gasteiger partial charge in [-0.3, -0.25) is 0 Å². The van der Waals surface area contributed by atoms with Gasteiger partial charge in [0, 0.05) is 0 Å². The van der Waals surface area contributed by atoms with Gasteiger partial charge in [-0.2, -0.15) is 0 Å². The van der Waals surface area contributed by atoms with E-state index in [0.717, 1.165) is 0 Å². The Morgan fingerprint density at radius 3 is 1.09 bits per heavy atom. The van der Waals surface area contributed by atoms with Crippen LogP contribution in [0.25, 0.3) is 0 Å². The van der Waals surface area contributed by atoms with Crippen LogP contribution < -0.4 is 0 Å². The molecule has 0 aromatic carbocycles. The number of hydrogen-bond donors (Lipinski definition) is 0. The van der Waals surface area contributed by atoms with E-state index in [9.17, 15) is 0 Å². The maximum Gasteiger partial charge on any atom is 0.548 e. The first kappa shape index (κ1) is 17.3. The monoisotopic (exact) mass is 200 g/mol. The van der Waals surface area contributed by atoms with E-state index in [2.05, 4.69) is 32.0 Å². The van der Waals surface area contributed by atoms with Crippen LogP contribution in [-0.2, 0) is 13.4 Å². The Bertz CT molecular complexity index is 60.8. The van der Waals surface area contributed by atoms with Crippen molar-refractivity contribution in [1.29, 1.82) is 0 Å². The van der Waals surface area contributed by atoms with Gasteiger partial charge in [0.25, 0.3) is 0 Å². The van der Waals surface area contributed by atoms with Crippen molar-refractivity contribution >= 4 is 17.4 Å². The largest absolute Gasteiger partial charge is 0.548 e. The highest BCUT2D eigenvalue weighted by atomic mass is 31.1. The molecular weight excluding hydrogens is 182 g/mol. The van der Waals surface area contributed by atoms with Crippen molar-refractivity contribution in [2.75, 3.05) is 0 Å². The normalized spacial score (nSPS) is 7.64. The standard InChI is InChI=1S/2C3H8.H2O3P2/c2*1-3-2;1-4-3-5-2/h2*3H2,1-2H3;4-5H/q;;+2. The molecule has 0 atom stereocenters. The lowest BCUT2D eigenvalue weighted by Gasteiger charge is -1.48. The summed E-state index contributed by atoms with van der Waals surface area (Å²) >= 11 is 0. The lowest BCUT2D eigenvalue weighted by atomic mass is 10.6. The van der Waals surface area contributed by atoms with Crippen LogP contribution in [-0.4, -0.2) is 0 Å². The van der Waals surface area contributed by atoms with Gasteiger partial charge < -0.3 is 0 Å². The summed E-state index contributed by atoms with van der Waals surface area (Å²) in [6.07, 6.45) is 2.50. The van der Waals surface area contributed by atoms with Crippen molar-refractivity contribution in [3.63, 3.8) is 0 Å². The number of rotatable bonds is 2. The second kappa shape index (κ2) is 32.0. The van der Waals surface area contributed by atoms with Crippen molar-refractivity contribution in [2.24, 2.45) is 0 Å². The summed E-state index contributed by atoms with van der Waals surface area (Å²) in [5, 5.41) is 0. The third-order valence-electron chi connectivity index (χ3n) is 0.0833. The van der Waals surface area contributed by atoms with Crippen LogP contribution in [0.15, 0.2) is 0 Å². The van der Waals surface area contributed by atoms with Gasteiger partial charge >= 0.3 is 17.4 Å². The van der Waals surface area contributed by atoms with Crippen LogP contribution in [0, 0.1) is 0 Å². The average molecular weight is 200 g/mol. The fourth-order valence-electron chi connectivity index (χ4n) is 0.0170. The average Bonchev–Trinajstić information content (AvgIpc) is 1.92. The van der Waals surface area contributed by atoms with Gasteiger partial charge in [0.2, 0.25) is 0 Å². The summed E-state index contributed by atoms with van der Waals surface area (Å²) in [6.45, 7) is 8.50. The molecule has 0 N–H and O–H groups in total. The van der Waals surface area contributed by atoms with E-state index < -0.39 is 17.4 Å². The maximum atomic E-state index is 9.14. The minimum absolute atomic E-state index is 0.892. The Morgan fingerprint density at radius 2 is 1.09 bits per heavy atom. The highest BCUT2D eigenvalue weighted by Crippen LogP contribution is 2.04. The molecule has 0 rings (SSSR count). The molecule has 11 heavy (non-hydrogen) atoms. The topological polar surface area (TPSA) is 43.4 Å². The molecule has 0 aliphatic carbocycles. The first-order chi connectivity index (χ1) is 5.24. The SMILES string of the molecule is CCC.CCC.O=[PH+]O[PH+]=O. The second-order valence-electron chi connectivity index (χ2n) is 1.68. The predicted molar refractivity (Wildman–Crippen MR) is 51.0 cm³/mol. The highest BCUT2D eigenvalue weighted by Gasteiger charge is 1.91. The summed E-state index contributed by atoms with van der Waals surface area (Å²) in [6, 6.07) is 0. The zero-order chi connectivity index (χ0) is 9.54. The minimum atomic E-state index is -0.892. The highest BCUT2D eigenvalue weighted by molar-refractivity contribution is 7.32. The summed E-state index contributed by atoms with van der Waals surface area (Å²) in [4.78, 5) is 0. The third kappa shape index (κ3) is 145. The molecule has 0 aliphatic heterocycles. The Morgan fingerprint density at radius 1 is 0.909 bits per heavy atom. The van der Waals surface area contributed by atoms with E-state index in [1.807, 2.05) is 0 Å².